The summed E-state index contributed by atoms with van der Waals surface area (Å²) in [5, 5.41) is 10.4. The Balaban J connectivity index is 1.74. The van der Waals surface area contributed by atoms with Crippen molar-refractivity contribution < 1.29 is 9.53 Å². The highest BCUT2D eigenvalue weighted by Crippen LogP contribution is 2.12. The lowest BCUT2D eigenvalue weighted by molar-refractivity contribution is -0.120. The number of carbonyl (C=O) groups excluding carboxylic acids is 1. The molecule has 2 N–H and O–H groups in total. The van der Waals surface area contributed by atoms with Crippen LogP contribution in [0.2, 0.25) is 0 Å². The van der Waals surface area contributed by atoms with Gasteiger partial charge in [-0.3, -0.25) is 9.48 Å². The zero-order valence-electron chi connectivity index (χ0n) is 13.8. The van der Waals surface area contributed by atoms with Gasteiger partial charge in [-0.05, 0) is 37.6 Å². The van der Waals surface area contributed by atoms with Crippen molar-refractivity contribution in [3.8, 4) is 5.75 Å². The first kappa shape index (κ1) is 17.0. The van der Waals surface area contributed by atoms with Crippen molar-refractivity contribution in [2.24, 2.45) is 0 Å². The van der Waals surface area contributed by atoms with Gasteiger partial charge in [-0.15, -0.1) is 0 Å². The van der Waals surface area contributed by atoms with Crippen molar-refractivity contribution >= 4 is 5.91 Å². The molecule has 0 unspecified atom stereocenters. The number of ether oxygens (including phenoxy) is 1. The number of carbonyl (C=O) groups is 1. The molecule has 0 saturated carbocycles. The van der Waals surface area contributed by atoms with E-state index >= 15 is 0 Å². The molecule has 6 nitrogen and oxygen atoms in total. The predicted molar refractivity (Wildman–Crippen MR) is 89.2 cm³/mol. The number of methoxy groups -OCH3 is 1. The van der Waals surface area contributed by atoms with Crippen LogP contribution in [0.25, 0.3) is 0 Å². The third-order valence-electron chi connectivity index (χ3n) is 3.87. The van der Waals surface area contributed by atoms with Crippen LogP contribution in [0, 0.1) is 0 Å². The molecule has 2 atom stereocenters. The second-order valence-corrected chi connectivity index (χ2v) is 5.52. The van der Waals surface area contributed by atoms with E-state index in [-0.39, 0.29) is 24.5 Å². The lowest BCUT2D eigenvalue weighted by atomic mass is 10.2. The first-order chi connectivity index (χ1) is 11.1. The van der Waals surface area contributed by atoms with E-state index in [1.54, 1.807) is 13.3 Å². The lowest BCUT2D eigenvalue weighted by Gasteiger charge is -2.21. The van der Waals surface area contributed by atoms with Crippen LogP contribution in [0.1, 0.15) is 25.5 Å². The molecule has 6 heteroatoms. The van der Waals surface area contributed by atoms with Crippen molar-refractivity contribution in [3.05, 3.63) is 48.3 Å². The number of nitrogens with one attached hydrogen (secondary N) is 2. The zero-order chi connectivity index (χ0) is 16.7. The highest BCUT2D eigenvalue weighted by Gasteiger charge is 2.14. The molecule has 1 aromatic carbocycles. The monoisotopic (exact) mass is 316 g/mol. The van der Waals surface area contributed by atoms with E-state index in [9.17, 15) is 4.79 Å². The lowest BCUT2D eigenvalue weighted by Crippen LogP contribution is -2.41. The van der Waals surface area contributed by atoms with Crippen molar-refractivity contribution in [2.75, 3.05) is 13.7 Å². The SMILES string of the molecule is COc1cccc(CNC(=O)CN[C@@H](C)[C@@H](C)n2cccn2)c1. The summed E-state index contributed by atoms with van der Waals surface area (Å²) >= 11 is 0. The summed E-state index contributed by atoms with van der Waals surface area (Å²) in [6.45, 7) is 4.87. The number of hydrogen-bond donors (Lipinski definition) is 2. The summed E-state index contributed by atoms with van der Waals surface area (Å²) in [6.07, 6.45) is 3.68. The van der Waals surface area contributed by atoms with Crippen LogP contribution in [0.15, 0.2) is 42.7 Å². The van der Waals surface area contributed by atoms with Gasteiger partial charge in [0.2, 0.25) is 5.91 Å². The molecule has 0 spiro atoms. The summed E-state index contributed by atoms with van der Waals surface area (Å²) < 4.78 is 7.05. The van der Waals surface area contributed by atoms with Crippen molar-refractivity contribution in [3.63, 3.8) is 0 Å². The molecule has 1 amide bonds. The molecule has 124 valence electrons. The van der Waals surface area contributed by atoms with Crippen molar-refractivity contribution in [2.45, 2.75) is 32.5 Å². The molecule has 0 radical (unpaired) electrons. The van der Waals surface area contributed by atoms with Gasteiger partial charge in [-0.25, -0.2) is 0 Å². The van der Waals surface area contributed by atoms with Crippen LogP contribution in [0.4, 0.5) is 0 Å². The van der Waals surface area contributed by atoms with Gasteiger partial charge in [-0.2, -0.15) is 5.10 Å². The molecular weight excluding hydrogens is 292 g/mol. The maximum absolute atomic E-state index is 12.0. The molecule has 1 aromatic heterocycles. The predicted octanol–water partition coefficient (Wildman–Crippen LogP) is 1.75. The molecule has 23 heavy (non-hydrogen) atoms. The Bertz CT molecular complexity index is 613. The highest BCUT2D eigenvalue weighted by atomic mass is 16.5. The summed E-state index contributed by atoms with van der Waals surface area (Å²) in [5.41, 5.74) is 1.01. The van der Waals surface area contributed by atoms with Gasteiger partial charge < -0.3 is 15.4 Å². The van der Waals surface area contributed by atoms with Gasteiger partial charge in [-0.1, -0.05) is 12.1 Å². The fourth-order valence-corrected chi connectivity index (χ4v) is 2.22. The van der Waals surface area contributed by atoms with Crippen LogP contribution in [0.3, 0.4) is 0 Å². The average Bonchev–Trinajstić information content (AvgIpc) is 3.11. The summed E-state index contributed by atoms with van der Waals surface area (Å²) in [4.78, 5) is 12.0. The van der Waals surface area contributed by atoms with Crippen molar-refractivity contribution in [1.82, 2.24) is 20.4 Å². The third-order valence-corrected chi connectivity index (χ3v) is 3.87. The molecule has 0 aliphatic rings. The number of benzene rings is 1. The minimum Gasteiger partial charge on any atom is -0.497 e. The highest BCUT2D eigenvalue weighted by molar-refractivity contribution is 5.78. The van der Waals surface area contributed by atoms with Gasteiger partial charge in [0.1, 0.15) is 5.75 Å². The normalized spacial score (nSPS) is 13.3. The van der Waals surface area contributed by atoms with Crippen LogP contribution < -0.4 is 15.4 Å². The summed E-state index contributed by atoms with van der Waals surface area (Å²) in [6, 6.07) is 9.87. The molecule has 0 aliphatic carbocycles. The minimum absolute atomic E-state index is 0.0349. The second kappa shape index (κ2) is 8.33. The second-order valence-electron chi connectivity index (χ2n) is 5.52. The maximum Gasteiger partial charge on any atom is 0.234 e. The Kier molecular flexibility index (Phi) is 6.17. The molecule has 0 bridgehead atoms. The number of hydrogen-bond acceptors (Lipinski definition) is 4. The van der Waals surface area contributed by atoms with Gasteiger partial charge in [0, 0.05) is 25.0 Å². The first-order valence-electron chi connectivity index (χ1n) is 7.72. The first-order valence-corrected chi connectivity index (χ1v) is 7.72. The van der Waals surface area contributed by atoms with Crippen LogP contribution >= 0.6 is 0 Å². The third kappa shape index (κ3) is 5.10. The maximum atomic E-state index is 12.0. The Morgan fingerprint density at radius 2 is 2.17 bits per heavy atom. The van der Waals surface area contributed by atoms with E-state index in [2.05, 4.69) is 22.7 Å². The fourth-order valence-electron chi connectivity index (χ4n) is 2.22. The summed E-state index contributed by atoms with van der Waals surface area (Å²) in [7, 11) is 1.63. The number of aromatic nitrogens is 2. The largest absolute Gasteiger partial charge is 0.497 e. The minimum atomic E-state index is -0.0349. The zero-order valence-corrected chi connectivity index (χ0v) is 13.8. The van der Waals surface area contributed by atoms with Gasteiger partial charge in [0.15, 0.2) is 0 Å². The standard InChI is InChI=1S/C17H24N4O2/c1-13(14(2)21-9-5-8-20-21)18-12-17(22)19-11-15-6-4-7-16(10-15)23-3/h4-10,13-14,18H,11-12H2,1-3H3,(H,19,22)/t13-,14+/m0/s1. The molecule has 0 saturated heterocycles. The molecule has 1 heterocycles. The van der Waals surface area contributed by atoms with E-state index in [1.165, 1.54) is 0 Å². The quantitative estimate of drug-likeness (QED) is 0.778. The molecule has 0 aliphatic heterocycles. The molecule has 2 rings (SSSR count). The number of amides is 1. The van der Waals surface area contributed by atoms with E-state index < -0.39 is 0 Å². The van der Waals surface area contributed by atoms with Crippen LogP contribution in [-0.2, 0) is 11.3 Å². The van der Waals surface area contributed by atoms with E-state index in [0.717, 1.165) is 11.3 Å². The smallest absolute Gasteiger partial charge is 0.234 e. The molecule has 2 aromatic rings. The van der Waals surface area contributed by atoms with E-state index in [0.29, 0.717) is 6.54 Å². The van der Waals surface area contributed by atoms with Gasteiger partial charge in [0.25, 0.3) is 0 Å². The van der Waals surface area contributed by atoms with Crippen LogP contribution in [0.5, 0.6) is 5.75 Å². The van der Waals surface area contributed by atoms with E-state index in [4.69, 9.17) is 4.74 Å². The molecule has 0 fully saturated rings. The van der Waals surface area contributed by atoms with Gasteiger partial charge >= 0.3 is 0 Å². The Morgan fingerprint density at radius 1 is 1.35 bits per heavy atom. The van der Waals surface area contributed by atoms with E-state index in [1.807, 2.05) is 48.1 Å². The molecular formula is C17H24N4O2. The van der Waals surface area contributed by atoms with Crippen LogP contribution in [-0.4, -0.2) is 35.4 Å². The number of nitrogens with zero attached hydrogens (tertiary/aromatic N) is 2. The Labute approximate surface area is 136 Å². The average molecular weight is 316 g/mol. The summed E-state index contributed by atoms with van der Waals surface area (Å²) in [5.74, 6) is 0.754. The Hall–Kier alpha value is -2.34. The van der Waals surface area contributed by atoms with Crippen molar-refractivity contribution in [1.29, 1.82) is 0 Å². The number of rotatable bonds is 8. The van der Waals surface area contributed by atoms with Gasteiger partial charge in [0.05, 0.1) is 19.7 Å². The fraction of sp³-hybridized carbons (Fsp3) is 0.412. The topological polar surface area (TPSA) is 68.2 Å². The Morgan fingerprint density at radius 3 is 2.87 bits per heavy atom.